The molecule has 1 aromatic heterocycles. The van der Waals surface area contributed by atoms with Crippen molar-refractivity contribution in [3.05, 3.63) is 6.20 Å². The SMILES string of the molecule is CS(=O)(=O)c1cnc(NC(=O)C(N)=O)s1. The van der Waals surface area contributed by atoms with Gasteiger partial charge < -0.3 is 5.73 Å². The maximum atomic E-state index is 11.0. The Morgan fingerprint density at radius 2 is 2.13 bits per heavy atom. The number of nitrogens with one attached hydrogen (secondary N) is 1. The van der Waals surface area contributed by atoms with E-state index in [1.165, 1.54) is 0 Å². The maximum absolute atomic E-state index is 11.0. The summed E-state index contributed by atoms with van der Waals surface area (Å²) in [6.45, 7) is 0. The minimum absolute atomic E-state index is 0.00210. The van der Waals surface area contributed by atoms with Crippen molar-refractivity contribution in [1.82, 2.24) is 4.98 Å². The number of hydrogen-bond acceptors (Lipinski definition) is 6. The van der Waals surface area contributed by atoms with Crippen molar-refractivity contribution in [2.45, 2.75) is 4.21 Å². The van der Waals surface area contributed by atoms with Crippen LogP contribution in [0.15, 0.2) is 10.4 Å². The number of amides is 2. The average Bonchev–Trinajstić information content (AvgIpc) is 2.51. The lowest BCUT2D eigenvalue weighted by molar-refractivity contribution is -0.134. The summed E-state index contributed by atoms with van der Waals surface area (Å²) in [5, 5.41) is 2.08. The molecule has 0 aliphatic carbocycles. The van der Waals surface area contributed by atoms with Gasteiger partial charge >= 0.3 is 11.8 Å². The molecular formula is C6H7N3O4S2. The van der Waals surface area contributed by atoms with E-state index in [1.54, 1.807) is 0 Å². The van der Waals surface area contributed by atoms with Crippen molar-refractivity contribution in [3.63, 3.8) is 0 Å². The van der Waals surface area contributed by atoms with Gasteiger partial charge in [0, 0.05) is 6.26 Å². The summed E-state index contributed by atoms with van der Waals surface area (Å²) < 4.78 is 22.1. The van der Waals surface area contributed by atoms with E-state index >= 15 is 0 Å². The normalized spacial score (nSPS) is 11.0. The van der Waals surface area contributed by atoms with Gasteiger partial charge in [-0.2, -0.15) is 0 Å². The van der Waals surface area contributed by atoms with Crippen LogP contribution in [0.3, 0.4) is 0 Å². The zero-order chi connectivity index (χ0) is 11.6. The summed E-state index contributed by atoms with van der Waals surface area (Å²) in [5.74, 6) is -2.20. The third-order valence-corrected chi connectivity index (χ3v) is 4.00. The molecule has 0 saturated carbocycles. The van der Waals surface area contributed by atoms with Crippen molar-refractivity contribution in [1.29, 1.82) is 0 Å². The molecule has 1 rings (SSSR count). The van der Waals surface area contributed by atoms with E-state index < -0.39 is 21.7 Å². The molecule has 0 bridgehead atoms. The molecule has 1 aromatic rings. The van der Waals surface area contributed by atoms with Gasteiger partial charge in [-0.15, -0.1) is 0 Å². The number of nitrogens with zero attached hydrogens (tertiary/aromatic N) is 1. The smallest absolute Gasteiger partial charge is 0.315 e. The number of rotatable bonds is 2. The Bertz CT molecular complexity index is 504. The number of nitrogens with two attached hydrogens (primary N) is 1. The summed E-state index contributed by atoms with van der Waals surface area (Å²) in [6, 6.07) is 0. The molecule has 3 N–H and O–H groups in total. The Morgan fingerprint density at radius 3 is 2.53 bits per heavy atom. The van der Waals surface area contributed by atoms with E-state index in [-0.39, 0.29) is 9.34 Å². The van der Waals surface area contributed by atoms with E-state index in [1.807, 2.05) is 0 Å². The van der Waals surface area contributed by atoms with Crippen LogP contribution in [0.25, 0.3) is 0 Å². The fourth-order valence-electron chi connectivity index (χ4n) is 0.647. The molecule has 0 unspecified atom stereocenters. The molecule has 0 aliphatic heterocycles. The van der Waals surface area contributed by atoms with Gasteiger partial charge in [-0.05, 0) is 0 Å². The fraction of sp³-hybridized carbons (Fsp3) is 0.167. The van der Waals surface area contributed by atoms with Gasteiger partial charge in [0.1, 0.15) is 4.21 Å². The second-order valence-corrected chi connectivity index (χ2v) is 5.85. The number of primary amides is 1. The van der Waals surface area contributed by atoms with E-state index in [2.05, 4.69) is 16.0 Å². The van der Waals surface area contributed by atoms with Gasteiger partial charge in [0.25, 0.3) is 0 Å². The maximum Gasteiger partial charge on any atom is 0.315 e. The summed E-state index contributed by atoms with van der Waals surface area (Å²) in [6.07, 6.45) is 2.11. The Morgan fingerprint density at radius 1 is 1.53 bits per heavy atom. The molecular weight excluding hydrogens is 242 g/mol. The molecule has 0 saturated heterocycles. The minimum Gasteiger partial charge on any atom is -0.361 e. The zero-order valence-electron chi connectivity index (χ0n) is 7.55. The van der Waals surface area contributed by atoms with Gasteiger partial charge in [0.15, 0.2) is 15.0 Å². The number of carbonyl (C=O) groups is 2. The van der Waals surface area contributed by atoms with Crippen LogP contribution in [-0.4, -0.2) is 31.5 Å². The first-order valence-electron chi connectivity index (χ1n) is 3.57. The van der Waals surface area contributed by atoms with Crippen LogP contribution in [0.4, 0.5) is 5.13 Å². The van der Waals surface area contributed by atoms with E-state index in [9.17, 15) is 18.0 Å². The van der Waals surface area contributed by atoms with E-state index in [0.29, 0.717) is 0 Å². The van der Waals surface area contributed by atoms with Crippen LogP contribution in [0, 0.1) is 0 Å². The van der Waals surface area contributed by atoms with Crippen LogP contribution in [0.5, 0.6) is 0 Å². The second kappa shape index (κ2) is 3.95. The molecule has 0 fully saturated rings. The summed E-state index contributed by atoms with van der Waals surface area (Å²) in [7, 11) is -3.35. The van der Waals surface area contributed by atoms with Gasteiger partial charge in [-0.1, -0.05) is 11.3 Å². The number of sulfone groups is 1. The summed E-state index contributed by atoms with van der Waals surface area (Å²) in [5.41, 5.74) is 4.68. The second-order valence-electron chi connectivity index (χ2n) is 2.57. The molecule has 15 heavy (non-hydrogen) atoms. The molecule has 7 nitrogen and oxygen atoms in total. The molecule has 9 heteroatoms. The third-order valence-electron chi connectivity index (χ3n) is 1.29. The standard InChI is InChI=1S/C6H7N3O4S2/c1-15(12,13)3-2-8-6(14-3)9-5(11)4(7)10/h2H,1H3,(H2,7,10)(H,8,9,11). The lowest BCUT2D eigenvalue weighted by Gasteiger charge is -1.94. The average molecular weight is 249 g/mol. The first-order chi connectivity index (χ1) is 6.80. The number of thiazole rings is 1. The lowest BCUT2D eigenvalue weighted by atomic mass is 10.6. The molecule has 2 amide bonds. The Balaban J connectivity index is 2.87. The predicted octanol–water partition coefficient (Wildman–Crippen LogP) is -1.03. The van der Waals surface area contributed by atoms with Crippen LogP contribution in [0.1, 0.15) is 0 Å². The van der Waals surface area contributed by atoms with Crippen molar-refractivity contribution in [2.24, 2.45) is 5.73 Å². The highest BCUT2D eigenvalue weighted by molar-refractivity contribution is 7.92. The van der Waals surface area contributed by atoms with Gasteiger partial charge in [0.2, 0.25) is 0 Å². The van der Waals surface area contributed by atoms with Gasteiger partial charge in [-0.3, -0.25) is 14.9 Å². The first-order valence-corrected chi connectivity index (χ1v) is 6.28. The highest BCUT2D eigenvalue weighted by Gasteiger charge is 2.15. The van der Waals surface area contributed by atoms with Gasteiger partial charge in [0.05, 0.1) is 6.20 Å². The molecule has 0 aromatic carbocycles. The Hall–Kier alpha value is -1.48. The molecule has 0 radical (unpaired) electrons. The Labute approximate surface area is 89.2 Å². The molecule has 0 aliphatic rings. The van der Waals surface area contributed by atoms with Crippen LogP contribution < -0.4 is 11.1 Å². The largest absolute Gasteiger partial charge is 0.361 e. The van der Waals surface area contributed by atoms with Crippen molar-refractivity contribution >= 4 is 38.1 Å². The van der Waals surface area contributed by atoms with Crippen molar-refractivity contribution in [2.75, 3.05) is 11.6 Å². The van der Waals surface area contributed by atoms with E-state index in [4.69, 9.17) is 0 Å². The number of aromatic nitrogens is 1. The van der Waals surface area contributed by atoms with E-state index in [0.717, 1.165) is 23.8 Å². The number of hydrogen-bond donors (Lipinski definition) is 2. The highest BCUT2D eigenvalue weighted by atomic mass is 32.2. The zero-order valence-corrected chi connectivity index (χ0v) is 9.18. The monoisotopic (exact) mass is 249 g/mol. The molecule has 82 valence electrons. The van der Waals surface area contributed by atoms with Crippen LogP contribution in [0.2, 0.25) is 0 Å². The molecule has 0 atom stereocenters. The fourth-order valence-corrected chi connectivity index (χ4v) is 2.28. The first kappa shape index (κ1) is 11.6. The lowest BCUT2D eigenvalue weighted by Crippen LogP contribution is -2.29. The summed E-state index contributed by atoms with van der Waals surface area (Å²) >= 11 is 0.747. The van der Waals surface area contributed by atoms with Crippen molar-refractivity contribution < 1.29 is 18.0 Å². The number of anilines is 1. The molecule has 0 spiro atoms. The molecule has 1 heterocycles. The topological polar surface area (TPSA) is 119 Å². The van der Waals surface area contributed by atoms with Crippen molar-refractivity contribution in [3.8, 4) is 0 Å². The van der Waals surface area contributed by atoms with Crippen LogP contribution in [-0.2, 0) is 19.4 Å². The third kappa shape index (κ3) is 2.99. The summed E-state index contributed by atoms with van der Waals surface area (Å²) in [4.78, 5) is 24.8. The quantitative estimate of drug-likeness (QED) is 0.649. The van der Waals surface area contributed by atoms with Crippen LogP contribution >= 0.6 is 11.3 Å². The van der Waals surface area contributed by atoms with Gasteiger partial charge in [-0.25, -0.2) is 13.4 Å². The minimum atomic E-state index is -3.35. The Kier molecular flexibility index (Phi) is 3.05. The number of carbonyl (C=O) groups excluding carboxylic acids is 2. The predicted molar refractivity (Wildman–Crippen MR) is 53.0 cm³/mol. The highest BCUT2D eigenvalue weighted by Crippen LogP contribution is 2.22.